The van der Waals surface area contributed by atoms with Gasteiger partial charge in [-0.25, -0.2) is 14.8 Å². The van der Waals surface area contributed by atoms with Gasteiger partial charge in [0.15, 0.2) is 0 Å². The molecule has 0 aromatic carbocycles. The van der Waals surface area contributed by atoms with Crippen molar-refractivity contribution in [3.63, 3.8) is 0 Å². The van der Waals surface area contributed by atoms with Crippen molar-refractivity contribution in [2.24, 2.45) is 0 Å². The van der Waals surface area contributed by atoms with Gasteiger partial charge in [-0.3, -0.25) is 4.79 Å². The van der Waals surface area contributed by atoms with Crippen LogP contribution in [0.4, 0.5) is 4.79 Å². The van der Waals surface area contributed by atoms with Crippen LogP contribution in [0, 0.1) is 0 Å². The summed E-state index contributed by atoms with van der Waals surface area (Å²) in [7, 11) is 0. The summed E-state index contributed by atoms with van der Waals surface area (Å²) in [6.07, 6.45) is 0.691. The van der Waals surface area contributed by atoms with E-state index in [1.165, 1.54) is 5.01 Å². The standard InChI is InChI=1S/C9H15BrN2O3/c1-6(2)11(9(14)15)12(7-3-4-7)8(13)5-10/h6-7H,3-5H2,1-2H3,(H,14,15). The van der Waals surface area contributed by atoms with Crippen molar-refractivity contribution in [3.05, 3.63) is 0 Å². The molecule has 0 bridgehead atoms. The monoisotopic (exact) mass is 278 g/mol. The Labute approximate surface area is 97.1 Å². The Kier molecular flexibility index (Phi) is 3.96. The number of hydrogen-bond acceptors (Lipinski definition) is 2. The van der Waals surface area contributed by atoms with Gasteiger partial charge in [0.1, 0.15) is 0 Å². The predicted octanol–water partition coefficient (Wildman–Crippen LogP) is 1.68. The fraction of sp³-hybridized carbons (Fsp3) is 0.778. The Morgan fingerprint density at radius 1 is 1.47 bits per heavy atom. The van der Waals surface area contributed by atoms with Gasteiger partial charge in [-0.2, -0.15) is 0 Å². The Bertz CT molecular complexity index is 266. The summed E-state index contributed by atoms with van der Waals surface area (Å²) in [4.78, 5) is 22.7. The van der Waals surface area contributed by atoms with Crippen LogP contribution in [0.1, 0.15) is 26.7 Å². The van der Waals surface area contributed by atoms with E-state index in [0.29, 0.717) is 0 Å². The zero-order valence-corrected chi connectivity index (χ0v) is 10.4. The second-order valence-corrected chi connectivity index (χ2v) is 4.38. The summed E-state index contributed by atoms with van der Waals surface area (Å²) in [6.45, 7) is 3.51. The third-order valence-electron chi connectivity index (χ3n) is 2.18. The first-order chi connectivity index (χ1) is 6.99. The molecule has 6 heteroatoms. The van der Waals surface area contributed by atoms with E-state index in [9.17, 15) is 9.59 Å². The lowest BCUT2D eigenvalue weighted by atomic mass is 10.4. The normalized spacial score (nSPS) is 15.2. The van der Waals surface area contributed by atoms with E-state index in [0.717, 1.165) is 17.9 Å². The lowest BCUT2D eigenvalue weighted by molar-refractivity contribution is -0.146. The van der Waals surface area contributed by atoms with E-state index >= 15 is 0 Å². The first-order valence-corrected chi connectivity index (χ1v) is 6.01. The van der Waals surface area contributed by atoms with Crippen LogP contribution in [0.25, 0.3) is 0 Å². The van der Waals surface area contributed by atoms with Gasteiger partial charge in [0.2, 0.25) is 0 Å². The molecule has 2 amide bonds. The van der Waals surface area contributed by atoms with E-state index < -0.39 is 6.09 Å². The highest BCUT2D eigenvalue weighted by Crippen LogP contribution is 2.29. The van der Waals surface area contributed by atoms with Crippen molar-refractivity contribution in [2.75, 3.05) is 5.33 Å². The highest BCUT2D eigenvalue weighted by atomic mass is 79.9. The molecule has 0 aromatic heterocycles. The zero-order valence-electron chi connectivity index (χ0n) is 8.81. The summed E-state index contributed by atoms with van der Waals surface area (Å²) in [6, 6.07) is -0.167. The molecule has 0 radical (unpaired) electrons. The van der Waals surface area contributed by atoms with Crippen LogP contribution in [0.5, 0.6) is 0 Å². The van der Waals surface area contributed by atoms with Crippen molar-refractivity contribution in [3.8, 4) is 0 Å². The van der Waals surface area contributed by atoms with E-state index in [-0.39, 0.29) is 23.3 Å². The highest BCUT2D eigenvalue weighted by Gasteiger charge is 2.39. The average molecular weight is 279 g/mol. The van der Waals surface area contributed by atoms with Crippen LogP contribution in [-0.4, -0.2) is 44.5 Å². The molecule has 15 heavy (non-hydrogen) atoms. The highest BCUT2D eigenvalue weighted by molar-refractivity contribution is 9.09. The maximum absolute atomic E-state index is 11.6. The van der Waals surface area contributed by atoms with E-state index in [4.69, 9.17) is 5.11 Å². The number of nitrogens with zero attached hydrogens (tertiary/aromatic N) is 2. The summed E-state index contributed by atoms with van der Waals surface area (Å²) >= 11 is 3.07. The van der Waals surface area contributed by atoms with Crippen LogP contribution in [0.2, 0.25) is 0 Å². The molecular formula is C9H15BrN2O3. The van der Waals surface area contributed by atoms with Gasteiger partial charge in [0, 0.05) is 0 Å². The van der Waals surface area contributed by atoms with Gasteiger partial charge in [0.05, 0.1) is 17.4 Å². The number of carboxylic acid groups (broad SMARTS) is 1. The largest absolute Gasteiger partial charge is 0.464 e. The summed E-state index contributed by atoms with van der Waals surface area (Å²) in [5, 5.41) is 11.7. The van der Waals surface area contributed by atoms with Crippen LogP contribution >= 0.6 is 15.9 Å². The van der Waals surface area contributed by atoms with Crippen molar-refractivity contribution in [2.45, 2.75) is 38.8 Å². The quantitative estimate of drug-likeness (QED) is 0.631. The van der Waals surface area contributed by atoms with Crippen LogP contribution in [-0.2, 0) is 4.79 Å². The summed E-state index contributed by atoms with van der Waals surface area (Å²) in [5.41, 5.74) is 0. The van der Waals surface area contributed by atoms with Gasteiger partial charge in [-0.15, -0.1) is 0 Å². The molecular weight excluding hydrogens is 264 g/mol. The number of rotatable bonds is 3. The number of amides is 2. The van der Waals surface area contributed by atoms with Crippen molar-refractivity contribution in [1.29, 1.82) is 0 Å². The van der Waals surface area contributed by atoms with Crippen molar-refractivity contribution in [1.82, 2.24) is 10.0 Å². The SMILES string of the molecule is CC(C)N(C(=O)O)N(C(=O)CBr)C1CC1. The number of hydrazine groups is 1. The summed E-state index contributed by atoms with van der Waals surface area (Å²) < 4.78 is 0. The number of carbonyl (C=O) groups is 2. The lowest BCUT2D eigenvalue weighted by Crippen LogP contribution is -2.54. The van der Waals surface area contributed by atoms with E-state index in [1.807, 2.05) is 0 Å². The molecule has 0 spiro atoms. The van der Waals surface area contributed by atoms with Gasteiger partial charge >= 0.3 is 6.09 Å². The fourth-order valence-electron chi connectivity index (χ4n) is 1.44. The van der Waals surface area contributed by atoms with Crippen LogP contribution < -0.4 is 0 Å². The second-order valence-electron chi connectivity index (χ2n) is 3.82. The molecule has 1 fully saturated rings. The molecule has 1 saturated carbocycles. The number of alkyl halides is 1. The van der Waals surface area contributed by atoms with E-state index in [1.54, 1.807) is 13.8 Å². The molecule has 1 N–H and O–H groups in total. The molecule has 1 aliphatic carbocycles. The van der Waals surface area contributed by atoms with Crippen molar-refractivity contribution < 1.29 is 14.7 Å². The Hall–Kier alpha value is -0.780. The minimum atomic E-state index is -1.08. The third kappa shape index (κ3) is 2.84. The number of carbonyl (C=O) groups excluding carboxylic acids is 1. The number of halogens is 1. The summed E-state index contributed by atoms with van der Waals surface area (Å²) in [5.74, 6) is -0.200. The lowest BCUT2D eigenvalue weighted by Gasteiger charge is -2.35. The molecule has 1 aliphatic rings. The second kappa shape index (κ2) is 4.83. The molecule has 0 aliphatic heterocycles. The van der Waals surface area contributed by atoms with Crippen LogP contribution in [0.15, 0.2) is 0 Å². The molecule has 0 aromatic rings. The van der Waals surface area contributed by atoms with Gasteiger partial charge in [-0.05, 0) is 26.7 Å². The minimum Gasteiger partial charge on any atom is -0.464 e. The maximum atomic E-state index is 11.6. The topological polar surface area (TPSA) is 60.9 Å². The fourth-order valence-corrected chi connectivity index (χ4v) is 1.70. The Balaban J connectivity index is 2.84. The molecule has 86 valence electrons. The van der Waals surface area contributed by atoms with Crippen molar-refractivity contribution >= 4 is 27.9 Å². The molecule has 1 rings (SSSR count). The Morgan fingerprint density at radius 2 is 2.00 bits per heavy atom. The first kappa shape index (κ1) is 12.3. The number of hydrogen-bond donors (Lipinski definition) is 1. The smallest absolute Gasteiger partial charge is 0.426 e. The first-order valence-electron chi connectivity index (χ1n) is 4.89. The molecule has 0 atom stereocenters. The predicted molar refractivity (Wildman–Crippen MR) is 58.7 cm³/mol. The average Bonchev–Trinajstić information content (AvgIpc) is 2.94. The van der Waals surface area contributed by atoms with Crippen LogP contribution in [0.3, 0.4) is 0 Å². The minimum absolute atomic E-state index is 0.0635. The van der Waals surface area contributed by atoms with Gasteiger partial charge in [0.25, 0.3) is 5.91 Å². The molecule has 0 unspecified atom stereocenters. The maximum Gasteiger partial charge on any atom is 0.426 e. The van der Waals surface area contributed by atoms with Gasteiger partial charge < -0.3 is 5.11 Å². The molecule has 0 heterocycles. The molecule has 5 nitrogen and oxygen atoms in total. The van der Waals surface area contributed by atoms with E-state index in [2.05, 4.69) is 15.9 Å². The third-order valence-corrected chi connectivity index (χ3v) is 2.66. The zero-order chi connectivity index (χ0) is 11.6. The Morgan fingerprint density at radius 3 is 2.27 bits per heavy atom. The van der Waals surface area contributed by atoms with Gasteiger partial charge in [-0.1, -0.05) is 15.9 Å². The molecule has 0 saturated heterocycles.